The quantitative estimate of drug-likeness (QED) is 0.385. The van der Waals surface area contributed by atoms with Gasteiger partial charge < -0.3 is 0 Å². The van der Waals surface area contributed by atoms with Crippen LogP contribution in [-0.2, 0) is 0 Å². The SMILES string of the molecule is O=C1CC(=O)c2cc3ccccc3cc21.O=C1CC(=O)c2cc3ccccc3cc21. The lowest BCUT2D eigenvalue weighted by Crippen LogP contribution is -1.90. The number of hydrogen-bond donors (Lipinski definition) is 0. The van der Waals surface area contributed by atoms with Gasteiger partial charge in [-0.15, -0.1) is 0 Å². The molecular formula is C26H16O4. The van der Waals surface area contributed by atoms with E-state index in [1.807, 2.05) is 72.8 Å². The van der Waals surface area contributed by atoms with E-state index in [4.69, 9.17) is 0 Å². The van der Waals surface area contributed by atoms with Crippen LogP contribution in [0.15, 0.2) is 72.8 Å². The molecule has 0 amide bonds. The van der Waals surface area contributed by atoms with Crippen molar-refractivity contribution in [2.45, 2.75) is 12.8 Å². The van der Waals surface area contributed by atoms with Crippen LogP contribution in [0.4, 0.5) is 0 Å². The van der Waals surface area contributed by atoms with Crippen LogP contribution in [0, 0.1) is 0 Å². The molecule has 0 spiro atoms. The molecule has 2 aliphatic rings. The number of carbonyl (C=O) groups excluding carboxylic acids is 4. The van der Waals surface area contributed by atoms with Gasteiger partial charge in [0.15, 0.2) is 23.1 Å². The highest BCUT2D eigenvalue weighted by molar-refractivity contribution is 6.26. The predicted molar refractivity (Wildman–Crippen MR) is 114 cm³/mol. The summed E-state index contributed by atoms with van der Waals surface area (Å²) in [7, 11) is 0. The molecule has 0 saturated carbocycles. The molecule has 0 unspecified atom stereocenters. The first-order valence-electron chi connectivity index (χ1n) is 9.69. The molecule has 0 atom stereocenters. The Morgan fingerprint density at radius 3 is 0.867 bits per heavy atom. The van der Waals surface area contributed by atoms with Crippen LogP contribution >= 0.6 is 0 Å². The summed E-state index contributed by atoms with van der Waals surface area (Å²) in [5.41, 5.74) is 2.33. The van der Waals surface area contributed by atoms with Gasteiger partial charge in [-0.3, -0.25) is 19.2 Å². The van der Waals surface area contributed by atoms with Gasteiger partial charge in [-0.1, -0.05) is 48.5 Å². The van der Waals surface area contributed by atoms with Crippen molar-refractivity contribution >= 4 is 44.7 Å². The minimum Gasteiger partial charge on any atom is -0.294 e. The van der Waals surface area contributed by atoms with Crippen LogP contribution in [0.3, 0.4) is 0 Å². The zero-order valence-electron chi connectivity index (χ0n) is 16.0. The van der Waals surface area contributed by atoms with Gasteiger partial charge in [-0.2, -0.15) is 0 Å². The van der Waals surface area contributed by atoms with E-state index in [-0.39, 0.29) is 36.0 Å². The van der Waals surface area contributed by atoms with Gasteiger partial charge in [0.05, 0.1) is 12.8 Å². The standard InChI is InChI=1S/2C13H8O2/c2*14-12-7-13(15)11-6-9-4-2-1-3-8(9)5-10(11)12/h2*1-6H,7H2. The van der Waals surface area contributed by atoms with Crippen molar-refractivity contribution in [1.82, 2.24) is 0 Å². The van der Waals surface area contributed by atoms with Crippen LogP contribution in [0.2, 0.25) is 0 Å². The van der Waals surface area contributed by atoms with Crippen LogP contribution < -0.4 is 0 Å². The van der Waals surface area contributed by atoms with Gasteiger partial charge in [0.25, 0.3) is 0 Å². The Morgan fingerprint density at radius 2 is 0.633 bits per heavy atom. The average Bonchev–Trinajstić information content (AvgIpc) is 3.19. The van der Waals surface area contributed by atoms with Crippen molar-refractivity contribution in [3.63, 3.8) is 0 Å². The van der Waals surface area contributed by atoms with Crippen LogP contribution in [0.25, 0.3) is 21.5 Å². The highest BCUT2D eigenvalue weighted by Gasteiger charge is 2.28. The first kappa shape index (κ1) is 18.1. The fourth-order valence-electron chi connectivity index (χ4n) is 4.08. The molecule has 0 radical (unpaired) electrons. The summed E-state index contributed by atoms with van der Waals surface area (Å²) in [6, 6.07) is 22.8. The Kier molecular flexibility index (Phi) is 4.14. The van der Waals surface area contributed by atoms with E-state index in [0.29, 0.717) is 22.3 Å². The summed E-state index contributed by atoms with van der Waals surface area (Å²) in [6.07, 6.45) is 0.0668. The molecule has 4 heteroatoms. The molecule has 0 bridgehead atoms. The average molecular weight is 392 g/mol. The highest BCUT2D eigenvalue weighted by Crippen LogP contribution is 2.28. The van der Waals surface area contributed by atoms with Crippen molar-refractivity contribution in [3.8, 4) is 0 Å². The summed E-state index contributed by atoms with van der Waals surface area (Å²) in [4.78, 5) is 46.0. The Balaban J connectivity index is 0.000000128. The van der Waals surface area contributed by atoms with Crippen molar-refractivity contribution in [1.29, 1.82) is 0 Å². The smallest absolute Gasteiger partial charge is 0.171 e. The summed E-state index contributed by atoms with van der Waals surface area (Å²) in [6.45, 7) is 0. The van der Waals surface area contributed by atoms with Gasteiger partial charge in [-0.25, -0.2) is 0 Å². The molecule has 4 aromatic rings. The molecule has 0 heterocycles. The fraction of sp³-hybridized carbons (Fsp3) is 0.0769. The van der Waals surface area contributed by atoms with Gasteiger partial charge >= 0.3 is 0 Å². The summed E-state index contributed by atoms with van der Waals surface area (Å²) >= 11 is 0. The molecule has 4 aromatic carbocycles. The lowest BCUT2D eigenvalue weighted by Gasteiger charge is -2.00. The van der Waals surface area contributed by atoms with Crippen LogP contribution in [0.1, 0.15) is 54.3 Å². The maximum Gasteiger partial charge on any atom is 0.171 e. The van der Waals surface area contributed by atoms with E-state index in [1.165, 1.54) is 0 Å². The van der Waals surface area contributed by atoms with E-state index in [0.717, 1.165) is 21.5 Å². The number of ketones is 4. The minimum absolute atomic E-state index is 0.0334. The van der Waals surface area contributed by atoms with Gasteiger partial charge in [-0.05, 0) is 45.8 Å². The third kappa shape index (κ3) is 2.94. The van der Waals surface area contributed by atoms with E-state index in [1.54, 1.807) is 0 Å². The number of hydrogen-bond acceptors (Lipinski definition) is 4. The maximum atomic E-state index is 11.5. The van der Waals surface area contributed by atoms with Crippen molar-refractivity contribution < 1.29 is 19.2 Å². The Hall–Kier alpha value is -3.92. The number of fused-ring (bicyclic) bond motifs is 4. The first-order chi connectivity index (χ1) is 14.5. The summed E-state index contributed by atoms with van der Waals surface area (Å²) in [5, 5.41) is 4.05. The summed E-state index contributed by atoms with van der Waals surface area (Å²) in [5.74, 6) is -0.219. The molecule has 30 heavy (non-hydrogen) atoms. The lowest BCUT2D eigenvalue weighted by molar-refractivity contribution is 0.0906. The minimum atomic E-state index is -0.0549. The molecule has 0 aliphatic heterocycles. The van der Waals surface area contributed by atoms with E-state index in [2.05, 4.69) is 0 Å². The van der Waals surface area contributed by atoms with Gasteiger partial charge in [0.2, 0.25) is 0 Å². The molecule has 4 nitrogen and oxygen atoms in total. The zero-order valence-corrected chi connectivity index (χ0v) is 16.0. The molecule has 0 fully saturated rings. The monoisotopic (exact) mass is 392 g/mol. The van der Waals surface area contributed by atoms with Crippen molar-refractivity contribution in [2.24, 2.45) is 0 Å². The number of rotatable bonds is 0. The molecular weight excluding hydrogens is 376 g/mol. The molecule has 144 valence electrons. The number of Topliss-reactive ketones (excluding diaryl/α,β-unsaturated/α-hetero) is 4. The number of carbonyl (C=O) groups is 4. The number of benzene rings is 4. The highest BCUT2D eigenvalue weighted by atomic mass is 16.2. The zero-order chi connectivity index (χ0) is 20.8. The maximum absolute atomic E-state index is 11.5. The van der Waals surface area contributed by atoms with Crippen LogP contribution in [-0.4, -0.2) is 23.1 Å². The van der Waals surface area contributed by atoms with Gasteiger partial charge in [0.1, 0.15) is 0 Å². The topological polar surface area (TPSA) is 68.3 Å². The normalized spacial score (nSPS) is 14.7. The largest absolute Gasteiger partial charge is 0.294 e. The molecule has 0 saturated heterocycles. The van der Waals surface area contributed by atoms with E-state index >= 15 is 0 Å². The molecule has 6 rings (SSSR count). The Labute approximate surface area is 172 Å². The first-order valence-corrected chi connectivity index (χ1v) is 9.69. The summed E-state index contributed by atoms with van der Waals surface area (Å²) < 4.78 is 0. The van der Waals surface area contributed by atoms with Crippen molar-refractivity contribution in [2.75, 3.05) is 0 Å². The van der Waals surface area contributed by atoms with E-state index in [9.17, 15) is 19.2 Å². The van der Waals surface area contributed by atoms with Crippen molar-refractivity contribution in [3.05, 3.63) is 95.1 Å². The second-order valence-electron chi connectivity index (χ2n) is 7.54. The van der Waals surface area contributed by atoms with Gasteiger partial charge in [0, 0.05) is 22.3 Å². The molecule has 2 aliphatic carbocycles. The predicted octanol–water partition coefficient (Wildman–Crippen LogP) is 5.22. The van der Waals surface area contributed by atoms with Crippen LogP contribution in [0.5, 0.6) is 0 Å². The third-order valence-electron chi connectivity index (χ3n) is 5.62. The Bertz CT molecular complexity index is 1200. The second kappa shape index (κ2) is 6.85. The molecule has 0 N–H and O–H groups in total. The van der Waals surface area contributed by atoms with E-state index < -0.39 is 0 Å². The lowest BCUT2D eigenvalue weighted by atomic mass is 10.0. The fourth-order valence-corrected chi connectivity index (χ4v) is 4.08. The Morgan fingerprint density at radius 1 is 0.400 bits per heavy atom. The molecule has 0 aromatic heterocycles. The second-order valence-corrected chi connectivity index (χ2v) is 7.54. The third-order valence-corrected chi connectivity index (χ3v) is 5.62.